The van der Waals surface area contributed by atoms with Gasteiger partial charge in [-0.3, -0.25) is 4.79 Å². The van der Waals surface area contributed by atoms with Crippen LogP contribution in [0.2, 0.25) is 0 Å². The summed E-state index contributed by atoms with van der Waals surface area (Å²) >= 11 is 0. The number of hydrogen-bond acceptors (Lipinski definition) is 7. The summed E-state index contributed by atoms with van der Waals surface area (Å²) in [5.74, 6) is 0. The van der Waals surface area contributed by atoms with Crippen LogP contribution >= 0.6 is 0 Å². The highest BCUT2D eigenvalue weighted by Crippen LogP contribution is 2.24. The zero-order valence-electron chi connectivity index (χ0n) is 18.2. The minimum absolute atomic E-state index is 0.0153. The van der Waals surface area contributed by atoms with Gasteiger partial charge >= 0.3 is 0 Å². The number of rotatable bonds is 5. The normalized spacial score (nSPS) is 16.4. The molecule has 1 aliphatic rings. The lowest BCUT2D eigenvalue weighted by Crippen LogP contribution is -2.24. The molecule has 1 unspecified atom stereocenters. The largest absolute Gasteiger partial charge is 0.357 e. The molecule has 5 rings (SSSR count). The molecular formula is C24H21N5O4S. The van der Waals surface area contributed by atoms with E-state index in [1.165, 1.54) is 41.2 Å². The van der Waals surface area contributed by atoms with Crippen molar-refractivity contribution in [3.05, 3.63) is 82.5 Å². The maximum Gasteiger partial charge on any atom is 0.274 e. The van der Waals surface area contributed by atoms with Crippen molar-refractivity contribution in [2.45, 2.75) is 41.8 Å². The van der Waals surface area contributed by atoms with Gasteiger partial charge in [0.25, 0.3) is 5.56 Å². The minimum atomic E-state index is -3.72. The summed E-state index contributed by atoms with van der Waals surface area (Å²) in [4.78, 5) is 13.3. The number of benzene rings is 2. The maximum atomic E-state index is 13.1. The zero-order valence-corrected chi connectivity index (χ0v) is 19.0. The Kier molecular flexibility index (Phi) is 5.73. The van der Waals surface area contributed by atoms with E-state index in [2.05, 4.69) is 16.3 Å². The monoisotopic (exact) mass is 475 g/mol. The molecule has 0 bridgehead atoms. The summed E-state index contributed by atoms with van der Waals surface area (Å²) in [5, 5.41) is 19.0. The van der Waals surface area contributed by atoms with Crippen LogP contribution in [0.25, 0.3) is 10.8 Å². The molecule has 2 aromatic carbocycles. The van der Waals surface area contributed by atoms with Gasteiger partial charge in [-0.1, -0.05) is 18.2 Å². The minimum Gasteiger partial charge on any atom is -0.357 e. The molecule has 1 atom stereocenters. The molecule has 0 saturated carbocycles. The van der Waals surface area contributed by atoms with Gasteiger partial charge in [-0.25, -0.2) is 17.8 Å². The van der Waals surface area contributed by atoms with E-state index in [1.54, 1.807) is 29.1 Å². The molecular weight excluding hydrogens is 454 g/mol. The average molecular weight is 476 g/mol. The molecule has 0 radical (unpaired) electrons. The maximum absolute atomic E-state index is 13.1. The molecule has 0 N–H and O–H groups in total. The van der Waals surface area contributed by atoms with Gasteiger partial charge in [0.15, 0.2) is 0 Å². The van der Waals surface area contributed by atoms with Crippen LogP contribution in [0, 0.1) is 11.3 Å². The molecule has 0 aliphatic carbocycles. The third-order valence-corrected chi connectivity index (χ3v) is 7.63. The van der Waals surface area contributed by atoms with E-state index in [9.17, 15) is 18.5 Å². The van der Waals surface area contributed by atoms with E-state index in [-0.39, 0.29) is 22.6 Å². The summed E-state index contributed by atoms with van der Waals surface area (Å²) in [6.07, 6.45) is 5.71. The number of nitriles is 1. The third kappa shape index (κ3) is 4.00. The SMILES string of the molecule is N#Cc1cn(C2CCCCO2)nc1Cn1ncc2cc(S(=O)(=O)c3ccccc3)ccc2c1=O. The van der Waals surface area contributed by atoms with Crippen molar-refractivity contribution < 1.29 is 13.2 Å². The highest BCUT2D eigenvalue weighted by atomic mass is 32.2. The van der Waals surface area contributed by atoms with E-state index in [4.69, 9.17) is 4.74 Å². The van der Waals surface area contributed by atoms with Crippen LogP contribution in [-0.2, 0) is 21.1 Å². The van der Waals surface area contributed by atoms with Crippen LogP contribution < -0.4 is 5.56 Å². The van der Waals surface area contributed by atoms with Crippen LogP contribution in [0.3, 0.4) is 0 Å². The topological polar surface area (TPSA) is 120 Å². The number of hydrogen-bond donors (Lipinski definition) is 0. The first-order chi connectivity index (χ1) is 16.5. The standard InChI is InChI=1S/C24H21N5O4S/c25-13-18-15-28(23-8-4-5-11-33-23)27-22(18)16-29-24(30)21-10-9-20(12-17(21)14-26-29)34(31,32)19-6-2-1-3-7-19/h1-3,6-7,9-10,12,14-15,23H,4-5,8,11,16H2. The van der Waals surface area contributed by atoms with E-state index in [0.29, 0.717) is 28.6 Å². The van der Waals surface area contributed by atoms with Gasteiger partial charge in [0.2, 0.25) is 9.84 Å². The summed E-state index contributed by atoms with van der Waals surface area (Å²) in [6, 6.07) is 14.6. The number of aromatic nitrogens is 4. The molecule has 1 saturated heterocycles. The van der Waals surface area contributed by atoms with E-state index >= 15 is 0 Å². The van der Waals surface area contributed by atoms with Crippen molar-refractivity contribution in [3.8, 4) is 6.07 Å². The first kappa shape index (κ1) is 22.0. The van der Waals surface area contributed by atoms with Crippen LogP contribution in [0.4, 0.5) is 0 Å². The lowest BCUT2D eigenvalue weighted by Gasteiger charge is -2.22. The van der Waals surface area contributed by atoms with Gasteiger partial charge < -0.3 is 4.74 Å². The van der Waals surface area contributed by atoms with Crippen molar-refractivity contribution in [1.82, 2.24) is 19.6 Å². The van der Waals surface area contributed by atoms with Gasteiger partial charge in [0.1, 0.15) is 18.0 Å². The second-order valence-corrected chi connectivity index (χ2v) is 10.0. The molecule has 9 nitrogen and oxygen atoms in total. The quantitative estimate of drug-likeness (QED) is 0.435. The van der Waals surface area contributed by atoms with Crippen LogP contribution in [0.1, 0.15) is 36.7 Å². The second-order valence-electron chi connectivity index (χ2n) is 8.08. The number of nitrogens with zero attached hydrogens (tertiary/aromatic N) is 5. The predicted octanol–water partition coefficient (Wildman–Crippen LogP) is 3.04. The van der Waals surface area contributed by atoms with Crippen molar-refractivity contribution >= 4 is 20.6 Å². The summed E-state index contributed by atoms with van der Waals surface area (Å²) in [7, 11) is -3.72. The van der Waals surface area contributed by atoms with Gasteiger partial charge in [-0.2, -0.15) is 15.5 Å². The lowest BCUT2D eigenvalue weighted by molar-refractivity contribution is -0.0397. The molecule has 10 heteroatoms. The molecule has 0 spiro atoms. The van der Waals surface area contributed by atoms with E-state index < -0.39 is 15.4 Å². The first-order valence-corrected chi connectivity index (χ1v) is 12.4. The number of fused-ring (bicyclic) bond motifs is 1. The van der Waals surface area contributed by atoms with Gasteiger partial charge in [0.05, 0.1) is 33.5 Å². The van der Waals surface area contributed by atoms with Crippen molar-refractivity contribution in [1.29, 1.82) is 5.26 Å². The fourth-order valence-corrected chi connectivity index (χ4v) is 5.36. The third-order valence-electron chi connectivity index (χ3n) is 5.87. The molecule has 34 heavy (non-hydrogen) atoms. The Balaban J connectivity index is 1.48. The molecule has 0 amide bonds. The molecule has 3 heterocycles. The Hall–Kier alpha value is -3.81. The van der Waals surface area contributed by atoms with Crippen molar-refractivity contribution in [2.24, 2.45) is 0 Å². The highest BCUT2D eigenvalue weighted by Gasteiger charge is 2.21. The first-order valence-electron chi connectivity index (χ1n) is 10.9. The second kappa shape index (κ2) is 8.85. The number of ether oxygens (including phenoxy) is 1. The van der Waals surface area contributed by atoms with Gasteiger partial charge in [-0.15, -0.1) is 0 Å². The molecule has 1 fully saturated rings. The van der Waals surface area contributed by atoms with E-state index in [1.807, 2.05) is 0 Å². The average Bonchev–Trinajstić information content (AvgIpc) is 3.29. The Labute approximate surface area is 195 Å². The van der Waals surface area contributed by atoms with E-state index in [0.717, 1.165) is 19.3 Å². The Morgan fingerprint density at radius 2 is 1.94 bits per heavy atom. The molecule has 172 valence electrons. The smallest absolute Gasteiger partial charge is 0.274 e. The van der Waals surface area contributed by atoms with Crippen molar-refractivity contribution in [3.63, 3.8) is 0 Å². The Morgan fingerprint density at radius 3 is 2.68 bits per heavy atom. The van der Waals surface area contributed by atoms with Crippen molar-refractivity contribution in [2.75, 3.05) is 6.61 Å². The Bertz CT molecular complexity index is 1560. The van der Waals surface area contributed by atoms with Crippen LogP contribution in [-0.4, -0.2) is 34.6 Å². The summed E-state index contributed by atoms with van der Waals surface area (Å²) < 4.78 is 34.4. The Morgan fingerprint density at radius 1 is 1.12 bits per heavy atom. The van der Waals surface area contributed by atoms with Gasteiger partial charge in [-0.05, 0) is 49.6 Å². The van der Waals surface area contributed by atoms with Crippen LogP contribution in [0.15, 0.2) is 75.5 Å². The molecule has 1 aliphatic heterocycles. The zero-order chi connectivity index (χ0) is 23.7. The summed E-state index contributed by atoms with van der Waals surface area (Å²) in [5.41, 5.74) is 0.384. The van der Waals surface area contributed by atoms with Crippen LogP contribution in [0.5, 0.6) is 0 Å². The fraction of sp³-hybridized carbons (Fsp3) is 0.250. The number of sulfone groups is 1. The molecule has 4 aromatic rings. The predicted molar refractivity (Wildman–Crippen MR) is 123 cm³/mol. The molecule has 2 aromatic heterocycles. The lowest BCUT2D eigenvalue weighted by atomic mass is 10.2. The van der Waals surface area contributed by atoms with Gasteiger partial charge in [0, 0.05) is 18.2 Å². The highest BCUT2D eigenvalue weighted by molar-refractivity contribution is 7.91. The fourth-order valence-electron chi connectivity index (χ4n) is 4.04. The summed E-state index contributed by atoms with van der Waals surface area (Å²) in [6.45, 7) is 0.664.